The maximum Gasteiger partial charge on any atom is 0.254 e. The summed E-state index contributed by atoms with van der Waals surface area (Å²) in [6, 6.07) is 15.1. The van der Waals surface area contributed by atoms with Gasteiger partial charge in [0.05, 0.1) is 23.4 Å². The highest BCUT2D eigenvalue weighted by atomic mass is 32.1. The van der Waals surface area contributed by atoms with Crippen LogP contribution in [0.1, 0.15) is 28.3 Å². The number of thiazole rings is 1. The molecule has 1 heterocycles. The molecule has 0 bridgehead atoms. The van der Waals surface area contributed by atoms with Gasteiger partial charge in [-0.05, 0) is 37.3 Å². The molecule has 3 aromatic rings. The van der Waals surface area contributed by atoms with Gasteiger partial charge in [0, 0.05) is 12.6 Å². The minimum Gasteiger partial charge on any atom is -0.497 e. The average Bonchev–Trinajstić information content (AvgIpc) is 3.04. The van der Waals surface area contributed by atoms with Crippen LogP contribution in [-0.4, -0.2) is 29.9 Å². The Labute approximate surface area is 139 Å². The second-order valence-electron chi connectivity index (χ2n) is 5.34. The summed E-state index contributed by atoms with van der Waals surface area (Å²) < 4.78 is 6.32. The van der Waals surface area contributed by atoms with Crippen molar-refractivity contribution in [3.63, 3.8) is 0 Å². The Morgan fingerprint density at radius 1 is 1.22 bits per heavy atom. The first kappa shape index (κ1) is 15.5. The van der Waals surface area contributed by atoms with Crippen molar-refractivity contribution in [2.45, 2.75) is 13.0 Å². The molecule has 5 heteroatoms. The van der Waals surface area contributed by atoms with Gasteiger partial charge in [0.25, 0.3) is 5.91 Å². The zero-order valence-corrected chi connectivity index (χ0v) is 14.1. The third-order valence-corrected chi connectivity index (χ3v) is 5.09. The number of amides is 1. The molecule has 0 aliphatic heterocycles. The molecule has 1 atom stereocenters. The molecule has 0 saturated carbocycles. The summed E-state index contributed by atoms with van der Waals surface area (Å²) in [6.45, 7) is 2.00. The topological polar surface area (TPSA) is 42.4 Å². The molecule has 0 aliphatic carbocycles. The van der Waals surface area contributed by atoms with Crippen LogP contribution in [0.15, 0.2) is 48.5 Å². The number of aromatic nitrogens is 1. The quantitative estimate of drug-likeness (QED) is 0.724. The van der Waals surface area contributed by atoms with E-state index in [1.807, 2.05) is 43.3 Å². The number of ether oxygens (including phenoxy) is 1. The average molecular weight is 326 g/mol. The van der Waals surface area contributed by atoms with Gasteiger partial charge in [-0.1, -0.05) is 18.2 Å². The Kier molecular flexibility index (Phi) is 4.30. The van der Waals surface area contributed by atoms with Crippen molar-refractivity contribution in [3.8, 4) is 5.75 Å². The van der Waals surface area contributed by atoms with Crippen molar-refractivity contribution in [2.24, 2.45) is 0 Å². The Morgan fingerprint density at radius 3 is 2.74 bits per heavy atom. The van der Waals surface area contributed by atoms with Crippen LogP contribution in [0.5, 0.6) is 5.75 Å². The Bertz CT molecular complexity index is 811. The standard InChI is InChI=1S/C18H18N2O2S/c1-12(17-19-15-9-4-5-10-16(15)23-17)20(2)18(21)13-7-6-8-14(11-13)22-3/h4-12H,1-3H3/t12-/m0/s1. The summed E-state index contributed by atoms with van der Waals surface area (Å²) in [7, 11) is 3.40. The van der Waals surface area contributed by atoms with Crippen molar-refractivity contribution in [3.05, 3.63) is 59.1 Å². The maximum atomic E-state index is 12.7. The molecule has 1 amide bonds. The third-order valence-electron chi connectivity index (χ3n) is 3.89. The molecule has 4 nitrogen and oxygen atoms in total. The summed E-state index contributed by atoms with van der Waals surface area (Å²) >= 11 is 1.62. The van der Waals surface area contributed by atoms with E-state index in [2.05, 4.69) is 4.98 Å². The molecule has 0 N–H and O–H groups in total. The van der Waals surface area contributed by atoms with E-state index in [4.69, 9.17) is 4.74 Å². The van der Waals surface area contributed by atoms with E-state index in [0.717, 1.165) is 15.2 Å². The molecule has 23 heavy (non-hydrogen) atoms. The van der Waals surface area contributed by atoms with E-state index < -0.39 is 0 Å². The van der Waals surface area contributed by atoms with Crippen LogP contribution in [0.2, 0.25) is 0 Å². The highest BCUT2D eigenvalue weighted by molar-refractivity contribution is 7.18. The minimum absolute atomic E-state index is 0.0457. The lowest BCUT2D eigenvalue weighted by Crippen LogP contribution is -2.29. The second-order valence-corrected chi connectivity index (χ2v) is 6.41. The van der Waals surface area contributed by atoms with E-state index in [1.54, 1.807) is 42.5 Å². The molecule has 0 unspecified atom stereocenters. The summed E-state index contributed by atoms with van der Waals surface area (Å²) in [6.07, 6.45) is 0. The summed E-state index contributed by atoms with van der Waals surface area (Å²) in [5.41, 5.74) is 1.58. The van der Waals surface area contributed by atoms with E-state index in [1.165, 1.54) is 0 Å². The molecule has 2 aromatic carbocycles. The smallest absolute Gasteiger partial charge is 0.254 e. The van der Waals surface area contributed by atoms with Crippen molar-refractivity contribution in [1.29, 1.82) is 0 Å². The van der Waals surface area contributed by atoms with E-state index in [-0.39, 0.29) is 11.9 Å². The Morgan fingerprint density at radius 2 is 2.00 bits per heavy atom. The van der Waals surface area contributed by atoms with Crippen molar-refractivity contribution in [2.75, 3.05) is 14.2 Å². The number of rotatable bonds is 4. The molecular weight excluding hydrogens is 308 g/mol. The largest absolute Gasteiger partial charge is 0.497 e. The zero-order valence-electron chi connectivity index (χ0n) is 13.3. The lowest BCUT2D eigenvalue weighted by Gasteiger charge is -2.23. The van der Waals surface area contributed by atoms with Crippen LogP contribution < -0.4 is 4.74 Å². The monoisotopic (exact) mass is 326 g/mol. The first-order valence-corrected chi connectivity index (χ1v) is 8.18. The van der Waals surface area contributed by atoms with Crippen LogP contribution in [0.3, 0.4) is 0 Å². The number of carbonyl (C=O) groups is 1. The predicted octanol–water partition coefficient (Wildman–Crippen LogP) is 4.14. The van der Waals surface area contributed by atoms with Gasteiger partial charge in [-0.25, -0.2) is 4.98 Å². The number of carbonyl (C=O) groups excluding carboxylic acids is 1. The van der Waals surface area contributed by atoms with Crippen molar-refractivity contribution >= 4 is 27.5 Å². The van der Waals surface area contributed by atoms with Crippen molar-refractivity contribution in [1.82, 2.24) is 9.88 Å². The lowest BCUT2D eigenvalue weighted by atomic mass is 10.1. The Balaban J connectivity index is 1.85. The van der Waals surface area contributed by atoms with Crippen LogP contribution >= 0.6 is 11.3 Å². The SMILES string of the molecule is COc1cccc(C(=O)N(C)[C@@H](C)c2nc3ccccc3s2)c1. The van der Waals surface area contributed by atoms with Gasteiger partial charge in [-0.15, -0.1) is 11.3 Å². The fourth-order valence-corrected chi connectivity index (χ4v) is 3.43. The minimum atomic E-state index is -0.0916. The normalized spacial score (nSPS) is 12.1. The molecule has 0 spiro atoms. The first-order valence-electron chi connectivity index (χ1n) is 7.37. The molecule has 118 valence electrons. The lowest BCUT2D eigenvalue weighted by molar-refractivity contribution is 0.0742. The van der Waals surface area contributed by atoms with Crippen LogP contribution in [0, 0.1) is 0 Å². The van der Waals surface area contributed by atoms with Gasteiger partial charge < -0.3 is 9.64 Å². The van der Waals surface area contributed by atoms with Crippen LogP contribution in [-0.2, 0) is 0 Å². The highest BCUT2D eigenvalue weighted by Crippen LogP contribution is 2.29. The van der Waals surface area contributed by atoms with Gasteiger partial charge in [0.15, 0.2) is 0 Å². The number of methoxy groups -OCH3 is 1. The first-order chi connectivity index (χ1) is 11.1. The maximum absolute atomic E-state index is 12.7. The molecule has 0 fully saturated rings. The van der Waals surface area contributed by atoms with E-state index in [0.29, 0.717) is 11.3 Å². The van der Waals surface area contributed by atoms with Gasteiger partial charge in [0.2, 0.25) is 0 Å². The Hall–Kier alpha value is -2.40. The summed E-state index contributed by atoms with van der Waals surface area (Å²) in [5.74, 6) is 0.632. The molecule has 3 rings (SSSR count). The third kappa shape index (κ3) is 3.05. The van der Waals surface area contributed by atoms with Gasteiger partial charge in [0.1, 0.15) is 10.8 Å². The fraction of sp³-hybridized carbons (Fsp3) is 0.222. The molecule has 0 saturated heterocycles. The van der Waals surface area contributed by atoms with Crippen LogP contribution in [0.4, 0.5) is 0 Å². The summed E-state index contributed by atoms with van der Waals surface area (Å²) in [4.78, 5) is 19.0. The van der Waals surface area contributed by atoms with Gasteiger partial charge in [-0.2, -0.15) is 0 Å². The number of benzene rings is 2. The van der Waals surface area contributed by atoms with Gasteiger partial charge in [-0.3, -0.25) is 4.79 Å². The fourth-order valence-electron chi connectivity index (χ4n) is 2.37. The van der Waals surface area contributed by atoms with E-state index >= 15 is 0 Å². The molecule has 1 aromatic heterocycles. The number of hydrogen-bond donors (Lipinski definition) is 0. The van der Waals surface area contributed by atoms with Gasteiger partial charge >= 0.3 is 0 Å². The number of nitrogens with zero attached hydrogens (tertiary/aromatic N) is 2. The predicted molar refractivity (Wildman–Crippen MR) is 93.1 cm³/mol. The van der Waals surface area contributed by atoms with E-state index in [9.17, 15) is 4.79 Å². The van der Waals surface area contributed by atoms with Crippen LogP contribution in [0.25, 0.3) is 10.2 Å². The second kappa shape index (κ2) is 6.38. The molecular formula is C18H18N2O2S. The number of hydrogen-bond acceptors (Lipinski definition) is 4. The highest BCUT2D eigenvalue weighted by Gasteiger charge is 2.22. The zero-order chi connectivity index (χ0) is 16.4. The number of fused-ring (bicyclic) bond motifs is 1. The molecule has 0 radical (unpaired) electrons. The van der Waals surface area contributed by atoms with Crippen molar-refractivity contribution < 1.29 is 9.53 Å². The number of para-hydroxylation sites is 1. The molecule has 0 aliphatic rings. The summed E-state index contributed by atoms with van der Waals surface area (Å²) in [5, 5.41) is 0.935.